The van der Waals surface area contributed by atoms with Crippen molar-refractivity contribution < 1.29 is 4.74 Å². The highest BCUT2D eigenvalue weighted by Gasteiger charge is 2.27. The van der Waals surface area contributed by atoms with Gasteiger partial charge in [0.15, 0.2) is 12.5 Å². The maximum Gasteiger partial charge on any atom is 0.165 e. The first-order valence-corrected chi connectivity index (χ1v) is 8.22. The number of ether oxygens (including phenoxy) is 1. The molecule has 0 bridgehead atoms. The molecule has 0 atom stereocenters. The average Bonchev–Trinajstić information content (AvgIpc) is 3.09. The fraction of sp³-hybridized carbons (Fsp3) is 0.0476. The Bertz CT molecular complexity index is 857. The van der Waals surface area contributed by atoms with E-state index in [1.165, 1.54) is 0 Å². The van der Waals surface area contributed by atoms with Crippen LogP contribution < -0.4 is 4.90 Å². The molecule has 0 saturated heterocycles. The maximum atomic E-state index is 6.08. The lowest BCUT2D eigenvalue weighted by Crippen LogP contribution is -2.18. The highest BCUT2D eigenvalue weighted by Crippen LogP contribution is 2.38. The summed E-state index contributed by atoms with van der Waals surface area (Å²) in [4.78, 5) is 2.17. The Balaban J connectivity index is 1.86. The number of hydrogen-bond acceptors (Lipinski definition) is 2. The third-order valence-corrected chi connectivity index (χ3v) is 4.30. The van der Waals surface area contributed by atoms with Gasteiger partial charge in [-0.05, 0) is 24.3 Å². The van der Waals surface area contributed by atoms with E-state index in [1.807, 2.05) is 60.7 Å². The molecule has 0 unspecified atom stereocenters. The van der Waals surface area contributed by atoms with Crippen LogP contribution in [-0.2, 0) is 4.74 Å². The first kappa shape index (κ1) is 14.9. The molecule has 0 spiro atoms. The lowest BCUT2D eigenvalue weighted by molar-refractivity contribution is 0.308. The first-order valence-electron chi connectivity index (χ1n) is 7.84. The molecule has 3 aromatic carbocycles. The predicted molar refractivity (Wildman–Crippen MR) is 99.6 cm³/mol. The Hall–Kier alpha value is -2.71. The van der Waals surface area contributed by atoms with Crippen molar-refractivity contribution in [3.05, 3.63) is 101 Å². The number of rotatable bonds is 3. The van der Waals surface area contributed by atoms with Crippen molar-refractivity contribution in [2.75, 3.05) is 11.6 Å². The Morgan fingerprint density at radius 3 is 1.92 bits per heavy atom. The van der Waals surface area contributed by atoms with Gasteiger partial charge in [0.05, 0.1) is 5.70 Å². The molecular weight excluding hydrogens is 318 g/mol. The lowest BCUT2D eigenvalue weighted by Gasteiger charge is -2.20. The van der Waals surface area contributed by atoms with Crippen molar-refractivity contribution in [3.8, 4) is 0 Å². The van der Waals surface area contributed by atoms with Crippen LogP contribution in [0.1, 0.15) is 11.1 Å². The fourth-order valence-electron chi connectivity index (χ4n) is 2.90. The number of nitrogens with zero attached hydrogens (tertiary/aromatic N) is 1. The van der Waals surface area contributed by atoms with Crippen molar-refractivity contribution in [1.29, 1.82) is 0 Å². The van der Waals surface area contributed by atoms with E-state index < -0.39 is 0 Å². The smallest absolute Gasteiger partial charge is 0.165 e. The zero-order valence-electron chi connectivity index (χ0n) is 13.0. The molecule has 0 N–H and O–H groups in total. The molecule has 1 aliphatic rings. The van der Waals surface area contributed by atoms with E-state index in [0.717, 1.165) is 33.3 Å². The van der Waals surface area contributed by atoms with Crippen LogP contribution in [-0.4, -0.2) is 6.73 Å². The van der Waals surface area contributed by atoms with E-state index in [9.17, 15) is 0 Å². The van der Waals surface area contributed by atoms with E-state index >= 15 is 0 Å². The van der Waals surface area contributed by atoms with Gasteiger partial charge in [-0.2, -0.15) is 0 Å². The van der Waals surface area contributed by atoms with Gasteiger partial charge in [-0.25, -0.2) is 0 Å². The Morgan fingerprint density at radius 2 is 1.29 bits per heavy atom. The topological polar surface area (TPSA) is 12.5 Å². The molecule has 0 saturated carbocycles. The van der Waals surface area contributed by atoms with E-state index in [1.54, 1.807) is 0 Å². The van der Waals surface area contributed by atoms with Crippen molar-refractivity contribution in [2.45, 2.75) is 0 Å². The molecule has 0 aromatic heterocycles. The minimum Gasteiger partial charge on any atom is -0.470 e. The van der Waals surface area contributed by atoms with Gasteiger partial charge in [-0.3, -0.25) is 0 Å². The molecular formula is C21H16ClNO. The Kier molecular flexibility index (Phi) is 3.97. The van der Waals surface area contributed by atoms with Crippen molar-refractivity contribution >= 4 is 28.7 Å². The highest BCUT2D eigenvalue weighted by atomic mass is 35.5. The Labute approximate surface area is 146 Å². The zero-order valence-corrected chi connectivity index (χ0v) is 13.8. The molecule has 1 heterocycles. The largest absolute Gasteiger partial charge is 0.470 e. The molecule has 1 aliphatic heterocycles. The average molecular weight is 334 g/mol. The van der Waals surface area contributed by atoms with Crippen molar-refractivity contribution in [1.82, 2.24) is 0 Å². The summed E-state index contributed by atoms with van der Waals surface area (Å²) < 4.78 is 6.08. The van der Waals surface area contributed by atoms with Gasteiger partial charge in [0.2, 0.25) is 0 Å². The van der Waals surface area contributed by atoms with Gasteiger partial charge in [-0.15, -0.1) is 0 Å². The lowest BCUT2D eigenvalue weighted by atomic mass is 10.1. The summed E-state index contributed by atoms with van der Waals surface area (Å²) in [6.45, 7) is 0.482. The quantitative estimate of drug-likeness (QED) is 0.613. The van der Waals surface area contributed by atoms with Gasteiger partial charge in [0, 0.05) is 21.8 Å². The standard InChI is InChI=1S/C21H16ClNO/c22-18-11-13-19(14-12-18)23-15-24-21(17-9-5-2-6-10-17)20(23)16-7-3-1-4-8-16/h1-14H,15H2. The Morgan fingerprint density at radius 1 is 0.708 bits per heavy atom. The summed E-state index contributed by atoms with van der Waals surface area (Å²) >= 11 is 6.03. The molecule has 0 aliphatic carbocycles. The summed E-state index contributed by atoms with van der Waals surface area (Å²) in [6.07, 6.45) is 0. The first-order chi connectivity index (χ1) is 11.8. The normalized spacial score (nSPS) is 14.0. The van der Waals surface area contributed by atoms with E-state index in [4.69, 9.17) is 16.3 Å². The van der Waals surface area contributed by atoms with Crippen LogP contribution in [0.15, 0.2) is 84.9 Å². The fourth-order valence-corrected chi connectivity index (χ4v) is 3.03. The molecule has 118 valence electrons. The van der Waals surface area contributed by atoms with Crippen molar-refractivity contribution in [3.63, 3.8) is 0 Å². The third-order valence-electron chi connectivity index (χ3n) is 4.04. The van der Waals surface area contributed by atoms with Gasteiger partial charge in [-0.1, -0.05) is 72.3 Å². The summed E-state index contributed by atoms with van der Waals surface area (Å²) in [5.74, 6) is 0.900. The van der Waals surface area contributed by atoms with Crippen LogP contribution in [0.3, 0.4) is 0 Å². The monoisotopic (exact) mass is 333 g/mol. The van der Waals surface area contributed by atoms with Crippen LogP contribution in [0.25, 0.3) is 11.5 Å². The van der Waals surface area contributed by atoms with Gasteiger partial charge >= 0.3 is 0 Å². The van der Waals surface area contributed by atoms with E-state index in [2.05, 4.69) is 29.2 Å². The summed E-state index contributed by atoms with van der Waals surface area (Å²) in [5, 5.41) is 0.729. The molecule has 2 nitrogen and oxygen atoms in total. The predicted octanol–water partition coefficient (Wildman–Crippen LogP) is 5.66. The van der Waals surface area contributed by atoms with Crippen LogP contribution in [0, 0.1) is 0 Å². The third kappa shape index (κ3) is 2.77. The summed E-state index contributed by atoms with van der Waals surface area (Å²) in [7, 11) is 0. The van der Waals surface area contributed by atoms with Crippen molar-refractivity contribution in [2.24, 2.45) is 0 Å². The number of anilines is 1. The minimum absolute atomic E-state index is 0.482. The van der Waals surface area contributed by atoms with Crippen LogP contribution in [0.5, 0.6) is 0 Å². The second kappa shape index (κ2) is 6.42. The number of hydrogen-bond donors (Lipinski definition) is 0. The van der Waals surface area contributed by atoms with Crippen LogP contribution in [0.4, 0.5) is 5.69 Å². The number of halogens is 1. The molecule has 24 heavy (non-hydrogen) atoms. The van der Waals surface area contributed by atoms with Gasteiger partial charge in [0.1, 0.15) is 0 Å². The van der Waals surface area contributed by atoms with Crippen LogP contribution >= 0.6 is 11.6 Å². The summed E-state index contributed by atoms with van der Waals surface area (Å²) in [5.41, 5.74) is 4.34. The maximum absolute atomic E-state index is 6.08. The molecule has 0 fully saturated rings. The molecule has 0 radical (unpaired) electrons. The zero-order chi connectivity index (χ0) is 16.4. The van der Waals surface area contributed by atoms with Gasteiger partial charge in [0.25, 0.3) is 0 Å². The second-order valence-electron chi connectivity index (χ2n) is 5.59. The molecule has 3 heteroatoms. The van der Waals surface area contributed by atoms with E-state index in [-0.39, 0.29) is 0 Å². The highest BCUT2D eigenvalue weighted by molar-refractivity contribution is 6.30. The van der Waals surface area contributed by atoms with E-state index in [0.29, 0.717) is 6.73 Å². The van der Waals surface area contributed by atoms with Gasteiger partial charge < -0.3 is 9.64 Å². The van der Waals surface area contributed by atoms with Crippen LogP contribution in [0.2, 0.25) is 5.02 Å². The minimum atomic E-state index is 0.482. The molecule has 3 aromatic rings. The number of benzene rings is 3. The molecule has 0 amide bonds. The second-order valence-corrected chi connectivity index (χ2v) is 6.02. The summed E-state index contributed by atoms with van der Waals surface area (Å²) in [6, 6.07) is 28.4. The SMILES string of the molecule is Clc1ccc(N2COC(c3ccccc3)=C2c2ccccc2)cc1. The molecule has 4 rings (SSSR count).